The standard InChI is InChI=1S/C26H24N7O3P/c1-3-18-22-19(11-8-12-20(22)37(35)36)23-24(18)33-17(14-27-25(33)26(34)31(23)4-2)13-21-28-30-32(29-21)15-16-9-6-5-7-10-16/h5-12,14,18H,3-4,13,15H2,1-2H3/p+1. The van der Waals surface area contributed by atoms with Crippen LogP contribution in [0.15, 0.2) is 59.5 Å². The fourth-order valence-electron chi connectivity index (χ4n) is 5.45. The SMILES string of the molecule is CCC1c2c(cccc2[P+](=O)O)-c2c1n1c(Cc3nnn(Cc4ccccc4)n3)cnc1c(=O)n2CC. The predicted molar refractivity (Wildman–Crippen MR) is 138 cm³/mol. The molecule has 10 nitrogen and oxygen atoms in total. The van der Waals surface area contributed by atoms with Gasteiger partial charge in [-0.2, -0.15) is 9.69 Å². The third kappa shape index (κ3) is 3.72. The third-order valence-electron chi connectivity index (χ3n) is 6.97. The highest BCUT2D eigenvalue weighted by Gasteiger charge is 2.40. The summed E-state index contributed by atoms with van der Waals surface area (Å²) in [6, 6.07) is 15.3. The van der Waals surface area contributed by atoms with Crippen molar-refractivity contribution in [1.29, 1.82) is 0 Å². The van der Waals surface area contributed by atoms with E-state index in [1.54, 1.807) is 27.7 Å². The van der Waals surface area contributed by atoms with Crippen molar-refractivity contribution < 1.29 is 9.46 Å². The van der Waals surface area contributed by atoms with E-state index in [4.69, 9.17) is 0 Å². The predicted octanol–water partition coefficient (Wildman–Crippen LogP) is 3.02. The molecule has 2 aromatic carbocycles. The normalized spacial score (nSPS) is 14.7. The molecule has 0 saturated carbocycles. The second kappa shape index (κ2) is 9.14. The Bertz CT molecular complexity index is 1720. The highest BCUT2D eigenvalue weighted by Crippen LogP contribution is 2.47. The van der Waals surface area contributed by atoms with Crippen molar-refractivity contribution in [2.45, 2.75) is 45.7 Å². The summed E-state index contributed by atoms with van der Waals surface area (Å²) in [5.41, 5.74) is 5.28. The lowest BCUT2D eigenvalue weighted by atomic mass is 9.97. The molecule has 3 heterocycles. The molecular formula is C26H25N7O3P+. The Hall–Kier alpha value is -4.01. The Labute approximate surface area is 213 Å². The second-order valence-corrected chi connectivity index (χ2v) is 10.1. The summed E-state index contributed by atoms with van der Waals surface area (Å²) in [5.74, 6) is 0.358. The van der Waals surface area contributed by atoms with Crippen LogP contribution in [0.2, 0.25) is 0 Å². The average molecular weight is 515 g/mol. The molecule has 11 heteroatoms. The van der Waals surface area contributed by atoms with E-state index in [1.165, 1.54) is 0 Å². The molecule has 0 spiro atoms. The summed E-state index contributed by atoms with van der Waals surface area (Å²) in [4.78, 5) is 29.7. The van der Waals surface area contributed by atoms with Gasteiger partial charge in [0.05, 0.1) is 30.0 Å². The van der Waals surface area contributed by atoms with Crippen molar-refractivity contribution in [3.05, 3.63) is 93.4 Å². The minimum atomic E-state index is -2.55. The Kier molecular flexibility index (Phi) is 5.78. The molecule has 2 atom stereocenters. The van der Waals surface area contributed by atoms with Crippen LogP contribution in [0.3, 0.4) is 0 Å². The number of imidazole rings is 1. The molecule has 0 bridgehead atoms. The smallest absolute Gasteiger partial charge is 0.304 e. The van der Waals surface area contributed by atoms with Gasteiger partial charge in [-0.25, -0.2) is 4.98 Å². The van der Waals surface area contributed by atoms with Gasteiger partial charge in [-0.15, -0.1) is 10.2 Å². The summed E-state index contributed by atoms with van der Waals surface area (Å²) >= 11 is 0. The molecule has 1 aliphatic rings. The molecule has 0 fully saturated rings. The maximum atomic E-state index is 13.5. The molecule has 0 saturated heterocycles. The molecule has 0 aliphatic heterocycles. The molecule has 1 N–H and O–H groups in total. The van der Waals surface area contributed by atoms with E-state index in [2.05, 4.69) is 20.4 Å². The molecule has 6 rings (SSSR count). The van der Waals surface area contributed by atoms with Crippen molar-refractivity contribution in [3.8, 4) is 11.3 Å². The third-order valence-corrected chi connectivity index (χ3v) is 7.77. The van der Waals surface area contributed by atoms with Gasteiger partial charge in [0.1, 0.15) is 0 Å². The molecule has 1 aliphatic carbocycles. The zero-order valence-electron chi connectivity index (χ0n) is 20.4. The lowest BCUT2D eigenvalue weighted by Crippen LogP contribution is -2.26. The summed E-state index contributed by atoms with van der Waals surface area (Å²) in [7, 11) is -2.55. The van der Waals surface area contributed by atoms with Crippen molar-refractivity contribution in [3.63, 3.8) is 0 Å². The van der Waals surface area contributed by atoms with Crippen LogP contribution in [0.4, 0.5) is 0 Å². The van der Waals surface area contributed by atoms with E-state index in [1.807, 2.05) is 54.6 Å². The van der Waals surface area contributed by atoms with Crippen molar-refractivity contribution in [2.24, 2.45) is 0 Å². The zero-order valence-corrected chi connectivity index (χ0v) is 21.3. The van der Waals surface area contributed by atoms with Gasteiger partial charge >= 0.3 is 8.03 Å². The summed E-state index contributed by atoms with van der Waals surface area (Å²) in [5, 5.41) is 13.4. The summed E-state index contributed by atoms with van der Waals surface area (Å²) in [6.07, 6.45) is 2.73. The first-order valence-electron chi connectivity index (χ1n) is 12.2. The van der Waals surface area contributed by atoms with Crippen LogP contribution in [-0.4, -0.2) is 39.1 Å². The number of aromatic nitrogens is 7. The largest absolute Gasteiger partial charge is 0.546 e. The lowest BCUT2D eigenvalue weighted by Gasteiger charge is -2.17. The van der Waals surface area contributed by atoms with Gasteiger partial charge in [0, 0.05) is 29.8 Å². The number of tetrazole rings is 1. The van der Waals surface area contributed by atoms with E-state index in [0.29, 0.717) is 42.7 Å². The molecule has 5 aromatic rings. The number of hydrogen-bond acceptors (Lipinski definition) is 6. The first kappa shape index (κ1) is 23.4. The Balaban J connectivity index is 1.50. The van der Waals surface area contributed by atoms with Crippen LogP contribution >= 0.6 is 8.03 Å². The minimum absolute atomic E-state index is 0.164. The van der Waals surface area contributed by atoms with Crippen molar-refractivity contribution >= 4 is 19.0 Å². The fourth-order valence-corrected chi connectivity index (χ4v) is 6.15. The number of fused-ring (bicyclic) bond motifs is 5. The average Bonchev–Trinajstić information content (AvgIpc) is 3.61. The van der Waals surface area contributed by atoms with Crippen molar-refractivity contribution in [1.82, 2.24) is 34.2 Å². The molecule has 186 valence electrons. The highest BCUT2D eigenvalue weighted by molar-refractivity contribution is 7.47. The monoisotopic (exact) mass is 514 g/mol. The number of hydrogen-bond donors (Lipinski definition) is 1. The molecule has 3 aromatic heterocycles. The van der Waals surface area contributed by atoms with Gasteiger partial charge in [-0.05, 0) is 34.8 Å². The van der Waals surface area contributed by atoms with E-state index in [-0.39, 0.29) is 11.5 Å². The van der Waals surface area contributed by atoms with Crippen LogP contribution in [-0.2, 0) is 24.1 Å². The van der Waals surface area contributed by atoms with Gasteiger partial charge < -0.3 is 4.57 Å². The summed E-state index contributed by atoms with van der Waals surface area (Å²) < 4.78 is 15.9. The topological polar surface area (TPSA) is 120 Å². The first-order valence-corrected chi connectivity index (χ1v) is 13.5. The van der Waals surface area contributed by atoms with Gasteiger partial charge in [0.2, 0.25) is 11.0 Å². The van der Waals surface area contributed by atoms with Gasteiger partial charge in [-0.3, -0.25) is 9.20 Å². The first-order chi connectivity index (χ1) is 18.0. The van der Waals surface area contributed by atoms with Gasteiger partial charge in [0.15, 0.2) is 5.82 Å². The Morgan fingerprint density at radius 3 is 2.62 bits per heavy atom. The van der Waals surface area contributed by atoms with E-state index in [9.17, 15) is 14.3 Å². The molecule has 0 amide bonds. The lowest BCUT2D eigenvalue weighted by molar-refractivity contribution is 0.513. The fraction of sp³-hybridized carbons (Fsp3) is 0.269. The van der Waals surface area contributed by atoms with E-state index in [0.717, 1.165) is 33.8 Å². The quantitative estimate of drug-likeness (QED) is 0.332. The number of nitrogens with zero attached hydrogens (tertiary/aromatic N) is 7. The number of rotatable bonds is 7. The molecule has 0 radical (unpaired) electrons. The second-order valence-electron chi connectivity index (χ2n) is 9.06. The Morgan fingerprint density at radius 2 is 1.89 bits per heavy atom. The maximum Gasteiger partial charge on any atom is 0.546 e. The summed E-state index contributed by atoms with van der Waals surface area (Å²) in [6.45, 7) is 4.94. The van der Waals surface area contributed by atoms with Crippen LogP contribution < -0.4 is 10.9 Å². The number of benzene rings is 2. The van der Waals surface area contributed by atoms with Crippen LogP contribution in [0.1, 0.15) is 54.5 Å². The molecule has 2 unspecified atom stereocenters. The van der Waals surface area contributed by atoms with E-state index < -0.39 is 8.03 Å². The zero-order chi connectivity index (χ0) is 25.7. The van der Waals surface area contributed by atoms with Crippen molar-refractivity contribution in [2.75, 3.05) is 0 Å². The maximum absolute atomic E-state index is 13.5. The van der Waals surface area contributed by atoms with Gasteiger partial charge in [0.25, 0.3) is 5.56 Å². The van der Waals surface area contributed by atoms with Crippen LogP contribution in [0.25, 0.3) is 16.9 Å². The highest BCUT2D eigenvalue weighted by atomic mass is 31.1. The van der Waals surface area contributed by atoms with E-state index >= 15 is 0 Å². The molecular weight excluding hydrogens is 489 g/mol. The van der Waals surface area contributed by atoms with Crippen LogP contribution in [0.5, 0.6) is 0 Å². The Morgan fingerprint density at radius 1 is 1.08 bits per heavy atom. The van der Waals surface area contributed by atoms with Crippen LogP contribution in [0, 0.1) is 0 Å². The minimum Gasteiger partial charge on any atom is -0.304 e. The molecule has 37 heavy (non-hydrogen) atoms. The van der Waals surface area contributed by atoms with Gasteiger partial charge in [-0.1, -0.05) is 49.4 Å².